The lowest BCUT2D eigenvalue weighted by atomic mass is 10.1. The third-order valence-corrected chi connectivity index (χ3v) is 3.17. The summed E-state index contributed by atoms with van der Waals surface area (Å²) in [6.45, 7) is 1.82. The highest BCUT2D eigenvalue weighted by atomic mass is 19.3. The summed E-state index contributed by atoms with van der Waals surface area (Å²) >= 11 is 0. The summed E-state index contributed by atoms with van der Waals surface area (Å²) in [5, 5.41) is 3.40. The molecule has 0 bridgehead atoms. The first-order chi connectivity index (χ1) is 8.70. The van der Waals surface area contributed by atoms with Gasteiger partial charge in [-0.15, -0.1) is 0 Å². The number of benzene rings is 1. The molecule has 1 aliphatic rings. The minimum Gasteiger partial charge on any atom is -0.433 e. The van der Waals surface area contributed by atoms with Crippen molar-refractivity contribution < 1.29 is 13.5 Å². The summed E-state index contributed by atoms with van der Waals surface area (Å²) in [4.78, 5) is 2.10. The average Bonchev–Trinajstić information content (AvgIpc) is 2.39. The van der Waals surface area contributed by atoms with Gasteiger partial charge in [-0.1, -0.05) is 19.1 Å². The van der Waals surface area contributed by atoms with Gasteiger partial charge in [0.15, 0.2) is 0 Å². The zero-order valence-corrected chi connectivity index (χ0v) is 10.4. The summed E-state index contributed by atoms with van der Waals surface area (Å²) < 4.78 is 29.3. The minimum absolute atomic E-state index is 0.254. The number of rotatable bonds is 4. The predicted octanol–water partition coefficient (Wildman–Crippen LogP) is 2.48. The molecule has 0 aliphatic carbocycles. The Morgan fingerprint density at radius 3 is 2.94 bits per heavy atom. The van der Waals surface area contributed by atoms with Gasteiger partial charge in [0, 0.05) is 25.7 Å². The van der Waals surface area contributed by atoms with Crippen LogP contribution in [0.1, 0.15) is 13.3 Å². The number of piperazine rings is 1. The molecule has 0 radical (unpaired) electrons. The van der Waals surface area contributed by atoms with Crippen LogP contribution in [0.3, 0.4) is 0 Å². The Labute approximate surface area is 106 Å². The molecule has 3 nitrogen and oxygen atoms in total. The molecule has 1 aromatic rings. The van der Waals surface area contributed by atoms with Crippen molar-refractivity contribution in [3.05, 3.63) is 24.3 Å². The quantitative estimate of drug-likeness (QED) is 0.895. The van der Waals surface area contributed by atoms with Gasteiger partial charge in [0.05, 0.1) is 5.69 Å². The molecule has 1 saturated heterocycles. The Morgan fingerprint density at radius 1 is 1.44 bits per heavy atom. The molecule has 1 aromatic carbocycles. The number of para-hydroxylation sites is 2. The Morgan fingerprint density at radius 2 is 2.22 bits per heavy atom. The molecule has 1 unspecified atom stereocenters. The van der Waals surface area contributed by atoms with Crippen LogP contribution in [0.4, 0.5) is 14.5 Å². The van der Waals surface area contributed by atoms with Gasteiger partial charge in [0.25, 0.3) is 0 Å². The predicted molar refractivity (Wildman–Crippen MR) is 67.4 cm³/mol. The summed E-state index contributed by atoms with van der Waals surface area (Å²) in [6, 6.07) is 7.37. The van der Waals surface area contributed by atoms with Crippen molar-refractivity contribution in [2.75, 3.05) is 24.5 Å². The number of nitrogens with zero attached hydrogens (tertiary/aromatic N) is 1. The van der Waals surface area contributed by atoms with Crippen LogP contribution in [0.25, 0.3) is 0 Å². The molecule has 1 fully saturated rings. The lowest BCUT2D eigenvalue weighted by molar-refractivity contribution is -0.0495. The summed E-state index contributed by atoms with van der Waals surface area (Å²) in [6.07, 6.45) is 1.02. The fourth-order valence-corrected chi connectivity index (χ4v) is 2.23. The SMILES string of the molecule is CCC1CN(c2ccccc2OC(F)F)CCN1. The zero-order chi connectivity index (χ0) is 13.0. The second kappa shape index (κ2) is 6.00. The van der Waals surface area contributed by atoms with E-state index in [-0.39, 0.29) is 5.75 Å². The zero-order valence-electron chi connectivity index (χ0n) is 10.4. The van der Waals surface area contributed by atoms with E-state index >= 15 is 0 Å². The van der Waals surface area contributed by atoms with Crippen LogP contribution in [-0.2, 0) is 0 Å². The molecule has 0 saturated carbocycles. The summed E-state index contributed by atoms with van der Waals surface area (Å²) in [5.74, 6) is 0.254. The lowest BCUT2D eigenvalue weighted by Crippen LogP contribution is -2.50. The smallest absolute Gasteiger partial charge is 0.387 e. The molecule has 100 valence electrons. The monoisotopic (exact) mass is 256 g/mol. The molecule has 2 rings (SSSR count). The normalized spacial score (nSPS) is 20.2. The van der Waals surface area contributed by atoms with Crippen molar-refractivity contribution in [2.24, 2.45) is 0 Å². The number of nitrogens with one attached hydrogen (secondary N) is 1. The highest BCUT2D eigenvalue weighted by Gasteiger charge is 2.21. The molecule has 5 heteroatoms. The van der Waals surface area contributed by atoms with Crippen molar-refractivity contribution in [1.82, 2.24) is 5.32 Å². The van der Waals surface area contributed by atoms with E-state index in [2.05, 4.69) is 21.9 Å². The van der Waals surface area contributed by atoms with Crippen LogP contribution >= 0.6 is 0 Å². The van der Waals surface area contributed by atoms with Gasteiger partial charge in [0.1, 0.15) is 5.75 Å². The minimum atomic E-state index is -2.78. The number of hydrogen-bond donors (Lipinski definition) is 1. The standard InChI is InChI=1S/C13H18F2N2O/c1-2-10-9-17(8-7-16-10)11-5-3-4-6-12(11)18-13(14)15/h3-6,10,13,16H,2,7-9H2,1H3. The number of ether oxygens (including phenoxy) is 1. The molecule has 1 heterocycles. The van der Waals surface area contributed by atoms with E-state index < -0.39 is 6.61 Å². The molecule has 1 aliphatic heterocycles. The van der Waals surface area contributed by atoms with Gasteiger partial charge in [-0.2, -0.15) is 8.78 Å². The van der Waals surface area contributed by atoms with Gasteiger partial charge >= 0.3 is 6.61 Å². The Bertz CT molecular complexity index is 387. The molecule has 1 atom stereocenters. The topological polar surface area (TPSA) is 24.5 Å². The maximum absolute atomic E-state index is 12.4. The third kappa shape index (κ3) is 3.10. The Hall–Kier alpha value is -1.36. The summed E-state index contributed by atoms with van der Waals surface area (Å²) in [5.41, 5.74) is 0.748. The maximum atomic E-state index is 12.4. The number of alkyl halides is 2. The van der Waals surface area contributed by atoms with Crippen molar-refractivity contribution in [3.8, 4) is 5.75 Å². The highest BCUT2D eigenvalue weighted by Crippen LogP contribution is 2.30. The van der Waals surface area contributed by atoms with Crippen LogP contribution in [0.2, 0.25) is 0 Å². The van der Waals surface area contributed by atoms with Crippen molar-refractivity contribution in [3.63, 3.8) is 0 Å². The van der Waals surface area contributed by atoms with Gasteiger partial charge in [-0.25, -0.2) is 0 Å². The number of anilines is 1. The van der Waals surface area contributed by atoms with Crippen LogP contribution in [0, 0.1) is 0 Å². The van der Waals surface area contributed by atoms with E-state index in [4.69, 9.17) is 0 Å². The van der Waals surface area contributed by atoms with Crippen molar-refractivity contribution in [2.45, 2.75) is 26.0 Å². The fraction of sp³-hybridized carbons (Fsp3) is 0.538. The van der Waals surface area contributed by atoms with Gasteiger partial charge in [0.2, 0.25) is 0 Å². The average molecular weight is 256 g/mol. The first-order valence-corrected chi connectivity index (χ1v) is 6.23. The first-order valence-electron chi connectivity index (χ1n) is 6.23. The second-order valence-corrected chi connectivity index (χ2v) is 4.35. The van der Waals surface area contributed by atoms with Crippen molar-refractivity contribution in [1.29, 1.82) is 0 Å². The van der Waals surface area contributed by atoms with Crippen LogP contribution in [-0.4, -0.2) is 32.3 Å². The van der Waals surface area contributed by atoms with Crippen LogP contribution in [0.5, 0.6) is 5.75 Å². The molecule has 0 spiro atoms. The van der Waals surface area contributed by atoms with E-state index in [1.807, 2.05) is 12.1 Å². The lowest BCUT2D eigenvalue weighted by Gasteiger charge is -2.35. The Kier molecular flexibility index (Phi) is 4.36. The second-order valence-electron chi connectivity index (χ2n) is 4.35. The third-order valence-electron chi connectivity index (χ3n) is 3.17. The maximum Gasteiger partial charge on any atom is 0.387 e. The van der Waals surface area contributed by atoms with Gasteiger partial charge in [-0.3, -0.25) is 0 Å². The van der Waals surface area contributed by atoms with E-state index in [0.29, 0.717) is 6.04 Å². The molecular formula is C13H18F2N2O. The van der Waals surface area contributed by atoms with Gasteiger partial charge < -0.3 is 15.0 Å². The molecule has 18 heavy (non-hydrogen) atoms. The van der Waals surface area contributed by atoms with Crippen LogP contribution < -0.4 is 15.0 Å². The first kappa shape index (κ1) is 13.1. The van der Waals surface area contributed by atoms with Gasteiger partial charge in [-0.05, 0) is 18.6 Å². The Balaban J connectivity index is 2.16. The van der Waals surface area contributed by atoms with E-state index in [0.717, 1.165) is 31.7 Å². The van der Waals surface area contributed by atoms with E-state index in [1.54, 1.807) is 12.1 Å². The van der Waals surface area contributed by atoms with E-state index in [1.165, 1.54) is 0 Å². The molecular weight excluding hydrogens is 238 g/mol. The number of hydrogen-bond acceptors (Lipinski definition) is 3. The molecule has 0 amide bonds. The molecule has 0 aromatic heterocycles. The largest absolute Gasteiger partial charge is 0.433 e. The van der Waals surface area contributed by atoms with E-state index in [9.17, 15) is 8.78 Å². The number of halogens is 2. The fourth-order valence-electron chi connectivity index (χ4n) is 2.23. The highest BCUT2D eigenvalue weighted by molar-refractivity contribution is 5.58. The van der Waals surface area contributed by atoms with Crippen LogP contribution in [0.15, 0.2) is 24.3 Å². The molecule has 1 N–H and O–H groups in total. The van der Waals surface area contributed by atoms with Crippen molar-refractivity contribution >= 4 is 5.69 Å². The summed E-state index contributed by atoms with van der Waals surface area (Å²) in [7, 11) is 0.